The molecule has 0 saturated carbocycles. The van der Waals surface area contributed by atoms with E-state index in [1.807, 2.05) is 32.0 Å². The van der Waals surface area contributed by atoms with E-state index in [9.17, 15) is 19.2 Å². The third-order valence-electron chi connectivity index (χ3n) is 5.75. The molecule has 0 radical (unpaired) electrons. The van der Waals surface area contributed by atoms with Gasteiger partial charge in [-0.1, -0.05) is 24.3 Å². The van der Waals surface area contributed by atoms with Crippen molar-refractivity contribution in [1.29, 1.82) is 0 Å². The summed E-state index contributed by atoms with van der Waals surface area (Å²) < 4.78 is 10.8. The van der Waals surface area contributed by atoms with Crippen molar-refractivity contribution in [2.24, 2.45) is 0 Å². The molecular formula is C26H27N3O6S. The molecule has 10 heteroatoms. The van der Waals surface area contributed by atoms with Gasteiger partial charge in [0, 0.05) is 18.8 Å². The van der Waals surface area contributed by atoms with Crippen LogP contribution < -0.4 is 10.1 Å². The first-order valence-corrected chi connectivity index (χ1v) is 12.3. The molecule has 2 aromatic rings. The summed E-state index contributed by atoms with van der Waals surface area (Å²) in [7, 11) is 0. The van der Waals surface area contributed by atoms with Crippen LogP contribution in [0.25, 0.3) is 6.08 Å². The first kappa shape index (κ1) is 25.5. The second-order valence-electron chi connectivity index (χ2n) is 8.49. The molecule has 0 unspecified atom stereocenters. The summed E-state index contributed by atoms with van der Waals surface area (Å²) in [4.78, 5) is 52.8. The minimum absolute atomic E-state index is 0.0671. The van der Waals surface area contributed by atoms with E-state index >= 15 is 0 Å². The zero-order valence-electron chi connectivity index (χ0n) is 20.1. The summed E-state index contributed by atoms with van der Waals surface area (Å²) in [6.45, 7) is 5.54. The van der Waals surface area contributed by atoms with Gasteiger partial charge >= 0.3 is 0 Å². The monoisotopic (exact) mass is 509 g/mol. The third-order valence-corrected chi connectivity index (χ3v) is 6.65. The van der Waals surface area contributed by atoms with Gasteiger partial charge in [-0.3, -0.25) is 24.1 Å². The molecule has 1 N–H and O–H groups in total. The zero-order valence-corrected chi connectivity index (χ0v) is 20.9. The second-order valence-corrected chi connectivity index (χ2v) is 9.48. The number of imide groups is 1. The normalized spacial score (nSPS) is 17.0. The van der Waals surface area contributed by atoms with Crippen molar-refractivity contribution in [3.8, 4) is 5.75 Å². The highest BCUT2D eigenvalue weighted by Gasteiger charge is 2.36. The maximum atomic E-state index is 12.8. The van der Waals surface area contributed by atoms with E-state index in [4.69, 9.17) is 9.47 Å². The lowest BCUT2D eigenvalue weighted by molar-refractivity contribution is -0.137. The smallest absolute Gasteiger partial charge is 0.294 e. The number of anilines is 1. The first-order valence-electron chi connectivity index (χ1n) is 11.5. The molecule has 0 atom stereocenters. The Morgan fingerprint density at radius 3 is 2.53 bits per heavy atom. The van der Waals surface area contributed by atoms with Gasteiger partial charge in [0.05, 0.1) is 18.1 Å². The molecule has 2 aliphatic heterocycles. The number of benzene rings is 2. The topological polar surface area (TPSA) is 105 Å². The number of hydrogen-bond acceptors (Lipinski definition) is 7. The first-order chi connectivity index (χ1) is 17.3. The number of nitrogens with one attached hydrogen (secondary N) is 1. The number of aryl methyl sites for hydroxylation is 2. The van der Waals surface area contributed by atoms with Gasteiger partial charge in [0.25, 0.3) is 17.1 Å². The number of thioether (sulfide) groups is 1. The van der Waals surface area contributed by atoms with Crippen LogP contribution in [0.2, 0.25) is 0 Å². The van der Waals surface area contributed by atoms with Crippen molar-refractivity contribution in [3.05, 3.63) is 64.1 Å². The fourth-order valence-corrected chi connectivity index (χ4v) is 4.54. The lowest BCUT2D eigenvalue weighted by Crippen LogP contribution is -2.42. The van der Waals surface area contributed by atoms with Crippen LogP contribution in [0.4, 0.5) is 10.5 Å². The van der Waals surface area contributed by atoms with Gasteiger partial charge < -0.3 is 19.7 Å². The van der Waals surface area contributed by atoms with Crippen LogP contribution in [0.1, 0.15) is 16.7 Å². The summed E-state index contributed by atoms with van der Waals surface area (Å²) in [5.74, 6) is -0.541. The Bertz CT molecular complexity index is 1200. The van der Waals surface area contributed by atoms with Crippen molar-refractivity contribution in [2.45, 2.75) is 13.8 Å². The molecule has 0 spiro atoms. The molecule has 4 rings (SSSR count). The minimum atomic E-state index is -0.516. The molecule has 0 aliphatic carbocycles. The zero-order chi connectivity index (χ0) is 25.7. The largest absolute Gasteiger partial charge is 0.484 e. The average molecular weight is 510 g/mol. The molecule has 2 heterocycles. The highest BCUT2D eigenvalue weighted by atomic mass is 32.2. The standard InChI is InChI=1S/C26H27N3O6S/c1-17-3-4-18(2)21(13-17)27-23(30)15-29-25(32)22(36-26(29)33)14-19-5-7-20(8-6-19)35-16-24(31)28-9-11-34-12-10-28/h3-8,13-14H,9-12,15-16H2,1-2H3,(H,27,30)/b22-14+. The van der Waals surface area contributed by atoms with Gasteiger partial charge in [0.15, 0.2) is 6.61 Å². The molecule has 2 aromatic carbocycles. The molecular weight excluding hydrogens is 482 g/mol. The summed E-state index contributed by atoms with van der Waals surface area (Å²) in [6, 6.07) is 12.5. The van der Waals surface area contributed by atoms with Crippen molar-refractivity contribution in [3.63, 3.8) is 0 Å². The fourth-order valence-electron chi connectivity index (χ4n) is 3.70. The summed E-state index contributed by atoms with van der Waals surface area (Å²) in [5.41, 5.74) is 3.22. The molecule has 188 valence electrons. The van der Waals surface area contributed by atoms with E-state index in [2.05, 4.69) is 5.32 Å². The third kappa shape index (κ3) is 6.32. The Kier molecular flexibility index (Phi) is 8.07. The van der Waals surface area contributed by atoms with Crippen LogP contribution in [0.15, 0.2) is 47.4 Å². The van der Waals surface area contributed by atoms with Gasteiger partial charge in [-0.15, -0.1) is 0 Å². The van der Waals surface area contributed by atoms with Crippen LogP contribution in [0.3, 0.4) is 0 Å². The van der Waals surface area contributed by atoms with E-state index in [1.54, 1.807) is 35.2 Å². The SMILES string of the molecule is Cc1ccc(C)c(NC(=O)CN2C(=O)S/C(=C/c3ccc(OCC(=O)N4CCOCC4)cc3)C2=O)c1. The molecule has 9 nitrogen and oxygen atoms in total. The number of morpholine rings is 1. The molecule has 2 saturated heterocycles. The molecule has 0 bridgehead atoms. The number of rotatable bonds is 7. The molecule has 4 amide bonds. The van der Waals surface area contributed by atoms with E-state index in [0.717, 1.165) is 27.8 Å². The van der Waals surface area contributed by atoms with Crippen LogP contribution in [0, 0.1) is 13.8 Å². The minimum Gasteiger partial charge on any atom is -0.484 e. The summed E-state index contributed by atoms with van der Waals surface area (Å²) in [5, 5.41) is 2.27. The molecule has 2 aliphatic rings. The Hall–Kier alpha value is -3.63. The number of nitrogens with zero attached hydrogens (tertiary/aromatic N) is 2. The van der Waals surface area contributed by atoms with Gasteiger partial charge in [-0.05, 0) is 66.6 Å². The number of carbonyl (C=O) groups is 4. The second kappa shape index (κ2) is 11.4. The lowest BCUT2D eigenvalue weighted by Gasteiger charge is -2.26. The van der Waals surface area contributed by atoms with Crippen molar-refractivity contribution >= 4 is 46.5 Å². The average Bonchev–Trinajstić information content (AvgIpc) is 3.13. The van der Waals surface area contributed by atoms with Crippen molar-refractivity contribution in [1.82, 2.24) is 9.80 Å². The summed E-state index contributed by atoms with van der Waals surface area (Å²) in [6.07, 6.45) is 1.59. The lowest BCUT2D eigenvalue weighted by atomic mass is 10.1. The van der Waals surface area contributed by atoms with Crippen LogP contribution >= 0.6 is 11.8 Å². The highest BCUT2D eigenvalue weighted by molar-refractivity contribution is 8.18. The van der Waals surface area contributed by atoms with Gasteiger partial charge in [0.2, 0.25) is 5.91 Å². The van der Waals surface area contributed by atoms with Gasteiger partial charge in [-0.25, -0.2) is 0 Å². The molecule has 2 fully saturated rings. The predicted molar refractivity (Wildman–Crippen MR) is 137 cm³/mol. The quantitative estimate of drug-likeness (QED) is 0.572. The Labute approximate surface area is 213 Å². The highest BCUT2D eigenvalue weighted by Crippen LogP contribution is 2.32. The van der Waals surface area contributed by atoms with Crippen LogP contribution in [0.5, 0.6) is 5.75 Å². The molecule has 0 aromatic heterocycles. The predicted octanol–water partition coefficient (Wildman–Crippen LogP) is 3.22. The van der Waals surface area contributed by atoms with Crippen LogP contribution in [-0.2, 0) is 19.1 Å². The number of hydrogen-bond donors (Lipinski definition) is 1. The Balaban J connectivity index is 1.33. The Morgan fingerprint density at radius 1 is 1.08 bits per heavy atom. The fraction of sp³-hybridized carbons (Fsp3) is 0.308. The molecule has 36 heavy (non-hydrogen) atoms. The number of amides is 4. The van der Waals surface area contributed by atoms with E-state index in [1.165, 1.54) is 0 Å². The Morgan fingerprint density at radius 2 is 1.81 bits per heavy atom. The van der Waals surface area contributed by atoms with Crippen molar-refractivity contribution < 1.29 is 28.7 Å². The van der Waals surface area contributed by atoms with E-state index < -0.39 is 17.1 Å². The maximum absolute atomic E-state index is 12.8. The van der Waals surface area contributed by atoms with Gasteiger partial charge in [-0.2, -0.15) is 0 Å². The van der Waals surface area contributed by atoms with Crippen LogP contribution in [-0.4, -0.2) is 72.2 Å². The van der Waals surface area contributed by atoms with E-state index in [-0.39, 0.29) is 24.0 Å². The number of ether oxygens (including phenoxy) is 2. The van der Waals surface area contributed by atoms with Gasteiger partial charge in [0.1, 0.15) is 12.3 Å². The van der Waals surface area contributed by atoms with Crippen molar-refractivity contribution in [2.75, 3.05) is 44.8 Å². The van der Waals surface area contributed by atoms with E-state index in [0.29, 0.717) is 43.3 Å². The maximum Gasteiger partial charge on any atom is 0.294 e. The number of carbonyl (C=O) groups excluding carboxylic acids is 4. The summed E-state index contributed by atoms with van der Waals surface area (Å²) >= 11 is 0.792.